The number of nitrogens with one attached hydrogen (secondary N) is 2. The Kier molecular flexibility index (Phi) is 5.65. The van der Waals surface area contributed by atoms with E-state index in [1.165, 1.54) is 6.07 Å². The van der Waals surface area contributed by atoms with Crippen molar-refractivity contribution in [3.8, 4) is 0 Å². The van der Waals surface area contributed by atoms with Crippen molar-refractivity contribution in [1.82, 2.24) is 10.2 Å². The first-order valence-corrected chi connectivity index (χ1v) is 9.99. The highest BCUT2D eigenvalue weighted by Crippen LogP contribution is 2.21. The van der Waals surface area contributed by atoms with Crippen molar-refractivity contribution in [1.29, 1.82) is 0 Å². The number of carbonyl (C=O) groups excluding carboxylic acids is 2. The largest absolute Gasteiger partial charge is 0.366 e. The van der Waals surface area contributed by atoms with Crippen molar-refractivity contribution in [2.24, 2.45) is 4.99 Å². The topological polar surface area (TPSA) is 77.0 Å². The minimum atomic E-state index is -0.779. The van der Waals surface area contributed by atoms with Gasteiger partial charge in [-0.2, -0.15) is 0 Å². The first kappa shape index (κ1) is 19.9. The Morgan fingerprint density at radius 2 is 1.83 bits per heavy atom. The van der Waals surface area contributed by atoms with Gasteiger partial charge in [0.1, 0.15) is 11.9 Å². The zero-order valence-corrected chi connectivity index (χ0v) is 16.8. The minimum Gasteiger partial charge on any atom is -0.366 e. The quantitative estimate of drug-likeness (QED) is 0.814. The van der Waals surface area contributed by atoms with Gasteiger partial charge in [-0.3, -0.25) is 14.9 Å². The van der Waals surface area contributed by atoms with Crippen LogP contribution in [0.1, 0.15) is 12.0 Å². The summed E-state index contributed by atoms with van der Waals surface area (Å²) < 4.78 is 14.0. The zero-order valence-electron chi connectivity index (χ0n) is 16.8. The van der Waals surface area contributed by atoms with Crippen molar-refractivity contribution >= 4 is 29.1 Å². The molecule has 1 atom stereocenters. The van der Waals surface area contributed by atoms with Crippen LogP contribution in [0, 0.1) is 12.7 Å². The lowest BCUT2D eigenvalue weighted by molar-refractivity contribution is -0.125. The summed E-state index contributed by atoms with van der Waals surface area (Å²) in [5, 5.41) is 5.61. The molecule has 2 amide bonds. The third-order valence-corrected chi connectivity index (χ3v) is 5.27. The predicted molar refractivity (Wildman–Crippen MR) is 114 cm³/mol. The number of hydrogen-bond acceptors (Lipinski definition) is 5. The Hall–Kier alpha value is -3.42. The lowest BCUT2D eigenvalue weighted by Crippen LogP contribution is -2.56. The van der Waals surface area contributed by atoms with E-state index in [2.05, 4.69) is 15.6 Å². The fraction of sp³-hybridized carbons (Fsp3) is 0.318. The summed E-state index contributed by atoms with van der Waals surface area (Å²) in [6, 6.07) is 13.4. The van der Waals surface area contributed by atoms with Crippen LogP contribution in [0.5, 0.6) is 0 Å². The standard InChI is InChI=1S/C22H24FN5O2/c1-15-5-4-6-16(13-15)24-21(30)18-14-20(29)26-22(25-18)28-11-9-27(10-12-28)19-8-3-2-7-17(19)23/h2-8,13,18H,9-12,14H2,1H3,(H,24,30)(H,25,26,29)/t18-/m0/s1. The summed E-state index contributed by atoms with van der Waals surface area (Å²) in [7, 11) is 0. The van der Waals surface area contributed by atoms with Gasteiger partial charge in [0.15, 0.2) is 0 Å². The van der Waals surface area contributed by atoms with Crippen LogP contribution >= 0.6 is 0 Å². The van der Waals surface area contributed by atoms with Gasteiger partial charge >= 0.3 is 0 Å². The molecule has 0 aliphatic carbocycles. The third kappa shape index (κ3) is 4.42. The van der Waals surface area contributed by atoms with Gasteiger partial charge in [0, 0.05) is 31.9 Å². The van der Waals surface area contributed by atoms with E-state index in [9.17, 15) is 14.0 Å². The molecule has 2 N–H and O–H groups in total. The SMILES string of the molecule is Cc1cccc(NC(=O)[C@@H]2CC(=O)NC(N3CCN(c4ccccc4F)CC3)=N2)c1. The minimum absolute atomic E-state index is 0.0103. The molecule has 0 bridgehead atoms. The van der Waals surface area contributed by atoms with E-state index in [-0.39, 0.29) is 24.1 Å². The van der Waals surface area contributed by atoms with Crippen LogP contribution in [0.15, 0.2) is 53.5 Å². The van der Waals surface area contributed by atoms with E-state index < -0.39 is 6.04 Å². The Bertz CT molecular complexity index is 985. The Morgan fingerprint density at radius 3 is 2.57 bits per heavy atom. The number of nitrogens with zero attached hydrogens (tertiary/aromatic N) is 3. The van der Waals surface area contributed by atoms with Gasteiger partial charge in [-0.15, -0.1) is 0 Å². The van der Waals surface area contributed by atoms with Gasteiger partial charge < -0.3 is 15.1 Å². The number of para-hydroxylation sites is 1. The molecule has 2 heterocycles. The molecule has 0 radical (unpaired) electrons. The van der Waals surface area contributed by atoms with Crippen molar-refractivity contribution in [3.05, 3.63) is 59.9 Å². The number of anilines is 2. The molecule has 2 aromatic carbocycles. The number of rotatable bonds is 3. The number of aryl methyl sites for hydroxylation is 1. The van der Waals surface area contributed by atoms with Gasteiger partial charge in [0.05, 0.1) is 12.1 Å². The van der Waals surface area contributed by atoms with Crippen LogP contribution in [0.2, 0.25) is 0 Å². The second kappa shape index (κ2) is 8.52. The van der Waals surface area contributed by atoms with E-state index >= 15 is 0 Å². The van der Waals surface area contributed by atoms with E-state index in [4.69, 9.17) is 0 Å². The molecule has 0 spiro atoms. The lowest BCUT2D eigenvalue weighted by Gasteiger charge is -2.38. The number of amides is 2. The molecule has 2 aromatic rings. The molecule has 0 saturated carbocycles. The molecule has 2 aliphatic heterocycles. The molecule has 1 saturated heterocycles. The van der Waals surface area contributed by atoms with Crippen LogP contribution in [-0.2, 0) is 9.59 Å². The molecule has 30 heavy (non-hydrogen) atoms. The fourth-order valence-electron chi connectivity index (χ4n) is 3.70. The van der Waals surface area contributed by atoms with Crippen molar-refractivity contribution < 1.29 is 14.0 Å². The van der Waals surface area contributed by atoms with Gasteiger partial charge in [0.25, 0.3) is 0 Å². The first-order chi connectivity index (χ1) is 14.5. The normalized spacial score (nSPS) is 19.2. The highest BCUT2D eigenvalue weighted by Gasteiger charge is 2.31. The Morgan fingerprint density at radius 1 is 1.10 bits per heavy atom. The molecule has 0 unspecified atom stereocenters. The molecular formula is C22H24FN5O2. The molecular weight excluding hydrogens is 385 g/mol. The summed E-state index contributed by atoms with van der Waals surface area (Å²) in [5.74, 6) is -0.384. The molecule has 2 aliphatic rings. The van der Waals surface area contributed by atoms with Crippen LogP contribution in [-0.4, -0.2) is 54.9 Å². The number of hydrogen-bond donors (Lipinski definition) is 2. The highest BCUT2D eigenvalue weighted by atomic mass is 19.1. The lowest BCUT2D eigenvalue weighted by atomic mass is 10.1. The summed E-state index contributed by atoms with van der Waals surface area (Å²) in [6.45, 7) is 4.27. The molecule has 1 fully saturated rings. The third-order valence-electron chi connectivity index (χ3n) is 5.27. The number of halogens is 1. The summed E-state index contributed by atoms with van der Waals surface area (Å²) in [4.78, 5) is 33.3. The zero-order chi connectivity index (χ0) is 21.1. The number of piperazine rings is 1. The van der Waals surface area contributed by atoms with Gasteiger partial charge in [-0.05, 0) is 36.8 Å². The van der Waals surface area contributed by atoms with E-state index in [0.717, 1.165) is 5.56 Å². The first-order valence-electron chi connectivity index (χ1n) is 9.99. The maximum absolute atomic E-state index is 14.0. The summed E-state index contributed by atoms with van der Waals surface area (Å²) in [5.41, 5.74) is 2.29. The molecule has 7 nitrogen and oxygen atoms in total. The molecule has 156 valence electrons. The Balaban J connectivity index is 1.42. The predicted octanol–water partition coefficient (Wildman–Crippen LogP) is 2.14. The number of guanidine groups is 1. The van der Waals surface area contributed by atoms with E-state index in [0.29, 0.717) is 43.5 Å². The molecule has 4 rings (SSSR count). The number of carbonyl (C=O) groups is 2. The van der Waals surface area contributed by atoms with Gasteiger partial charge in [0.2, 0.25) is 17.8 Å². The number of benzene rings is 2. The van der Waals surface area contributed by atoms with Gasteiger partial charge in [-0.25, -0.2) is 9.38 Å². The maximum Gasteiger partial charge on any atom is 0.249 e. The van der Waals surface area contributed by atoms with Crippen molar-refractivity contribution in [2.75, 3.05) is 36.4 Å². The smallest absolute Gasteiger partial charge is 0.249 e. The maximum atomic E-state index is 14.0. The van der Waals surface area contributed by atoms with Crippen LogP contribution in [0.4, 0.5) is 15.8 Å². The monoisotopic (exact) mass is 409 g/mol. The second-order valence-corrected chi connectivity index (χ2v) is 7.51. The van der Waals surface area contributed by atoms with Crippen LogP contribution in [0.25, 0.3) is 0 Å². The average molecular weight is 409 g/mol. The van der Waals surface area contributed by atoms with Gasteiger partial charge in [-0.1, -0.05) is 24.3 Å². The number of aliphatic imine (C=N–C) groups is 1. The fourth-order valence-corrected chi connectivity index (χ4v) is 3.70. The average Bonchev–Trinajstić information content (AvgIpc) is 2.74. The van der Waals surface area contributed by atoms with Crippen LogP contribution < -0.4 is 15.5 Å². The van der Waals surface area contributed by atoms with Crippen LogP contribution in [0.3, 0.4) is 0 Å². The Labute approximate surface area is 174 Å². The van der Waals surface area contributed by atoms with E-state index in [1.807, 2.05) is 41.0 Å². The molecule has 8 heteroatoms. The summed E-state index contributed by atoms with van der Waals surface area (Å²) >= 11 is 0. The molecule has 0 aromatic heterocycles. The van der Waals surface area contributed by atoms with Crippen molar-refractivity contribution in [2.45, 2.75) is 19.4 Å². The van der Waals surface area contributed by atoms with E-state index in [1.54, 1.807) is 18.2 Å². The van der Waals surface area contributed by atoms with Crippen molar-refractivity contribution in [3.63, 3.8) is 0 Å². The second-order valence-electron chi connectivity index (χ2n) is 7.51. The highest BCUT2D eigenvalue weighted by molar-refractivity contribution is 6.06. The summed E-state index contributed by atoms with van der Waals surface area (Å²) in [6.07, 6.45) is 0.0103.